The molecule has 3 heterocycles. The smallest absolute Gasteiger partial charge is 0.349 e. The molecule has 3 saturated carbocycles. The molecule has 0 aromatic heterocycles. The first kappa shape index (κ1) is 29.5. The van der Waals surface area contributed by atoms with Gasteiger partial charge in [-0.2, -0.15) is 0 Å². The first-order valence-electron chi connectivity index (χ1n) is 15.1. The van der Waals surface area contributed by atoms with Crippen molar-refractivity contribution in [1.29, 1.82) is 0 Å². The summed E-state index contributed by atoms with van der Waals surface area (Å²) in [5.41, 5.74) is -3.23. The third-order valence-corrected chi connectivity index (χ3v) is 12.2. The van der Waals surface area contributed by atoms with Crippen molar-refractivity contribution in [3.8, 4) is 11.5 Å². The molecule has 12 heteroatoms. The van der Waals surface area contributed by atoms with E-state index in [1.165, 1.54) is 20.3 Å². The van der Waals surface area contributed by atoms with Gasteiger partial charge in [0, 0.05) is 18.9 Å². The van der Waals surface area contributed by atoms with E-state index >= 15 is 0 Å². The Bertz CT molecular complexity index is 1680. The number of hydrogen-bond donors (Lipinski definition) is 2. The number of aryl methyl sites for hydroxylation is 1. The second-order valence-corrected chi connectivity index (χ2v) is 14.6. The van der Waals surface area contributed by atoms with Gasteiger partial charge in [-0.3, -0.25) is 4.79 Å². The molecule has 2 N–H and O–H groups in total. The Labute approximate surface area is 264 Å². The number of phenolic OH excluding ortho intramolecular Hbond substituents is 1. The molecule has 9 rings (SSSR count). The molecular weight excluding hydrogens is 608 g/mol. The lowest BCUT2D eigenvalue weighted by molar-refractivity contribution is -0.481. The summed E-state index contributed by atoms with van der Waals surface area (Å²) in [6.45, 7) is 7.57. The van der Waals surface area contributed by atoms with Crippen LogP contribution in [-0.4, -0.2) is 82.7 Å². The predicted molar refractivity (Wildman–Crippen MR) is 155 cm³/mol. The number of methoxy groups -OCH3 is 2. The molecule has 3 aliphatic heterocycles. The number of aliphatic hydroxyl groups excluding tert-OH is 1. The van der Waals surface area contributed by atoms with E-state index in [4.69, 9.17) is 45.1 Å². The number of halogens is 1. The normalized spacial score (nSPS) is 46.0. The summed E-state index contributed by atoms with van der Waals surface area (Å²) in [5, 5.41) is 22.1. The number of rotatable bonds is 4. The van der Waals surface area contributed by atoms with Crippen molar-refractivity contribution < 1.29 is 53.3 Å². The number of carbonyl (C=O) groups is 2. The van der Waals surface area contributed by atoms with E-state index < -0.39 is 69.0 Å². The maximum atomic E-state index is 14.2. The van der Waals surface area contributed by atoms with Crippen molar-refractivity contribution >= 4 is 23.5 Å². The maximum Gasteiger partial charge on any atom is 0.349 e. The van der Waals surface area contributed by atoms with Gasteiger partial charge in [-0.05, 0) is 68.5 Å². The van der Waals surface area contributed by atoms with Crippen molar-refractivity contribution in [3.63, 3.8) is 0 Å². The first-order valence-corrected chi connectivity index (χ1v) is 15.4. The van der Waals surface area contributed by atoms with Crippen LogP contribution in [0.15, 0.2) is 47.1 Å². The fourth-order valence-electron chi connectivity index (χ4n) is 9.47. The van der Waals surface area contributed by atoms with Gasteiger partial charge in [-0.25, -0.2) is 14.6 Å². The minimum Gasteiger partial charge on any atom is -0.507 e. The molecule has 2 spiro atoms. The first-order chi connectivity index (χ1) is 21.2. The van der Waals surface area contributed by atoms with Crippen molar-refractivity contribution in [1.82, 2.24) is 0 Å². The topological polar surface area (TPSA) is 143 Å². The summed E-state index contributed by atoms with van der Waals surface area (Å²) in [6.07, 6.45) is 2.89. The van der Waals surface area contributed by atoms with Crippen LogP contribution in [0.4, 0.5) is 0 Å². The number of carbonyl (C=O) groups excluding carboxylic acids is 2. The largest absolute Gasteiger partial charge is 0.507 e. The number of aliphatic hydroxyl groups is 1. The molecule has 10 unspecified atom stereocenters. The monoisotopic (exact) mass is 642 g/mol. The number of allylic oxidation sites excluding steroid dienone is 2. The van der Waals surface area contributed by atoms with Gasteiger partial charge in [-0.15, -0.1) is 11.6 Å². The summed E-state index contributed by atoms with van der Waals surface area (Å²) < 4.78 is 30.7. The molecule has 240 valence electrons. The molecule has 45 heavy (non-hydrogen) atoms. The van der Waals surface area contributed by atoms with E-state index in [1.54, 1.807) is 19.1 Å². The number of alkyl halides is 1. The number of benzene rings is 1. The van der Waals surface area contributed by atoms with Gasteiger partial charge in [0.1, 0.15) is 45.8 Å². The third-order valence-electron chi connectivity index (χ3n) is 11.3. The number of ether oxygens (including phenoxy) is 5. The van der Waals surface area contributed by atoms with E-state index in [9.17, 15) is 19.8 Å². The van der Waals surface area contributed by atoms with Crippen LogP contribution in [0, 0.1) is 17.8 Å². The number of hydrogen-bond acceptors (Lipinski definition) is 11. The van der Waals surface area contributed by atoms with Crippen molar-refractivity contribution in [2.75, 3.05) is 14.2 Å². The van der Waals surface area contributed by atoms with Crippen LogP contribution in [0.1, 0.15) is 56.0 Å². The van der Waals surface area contributed by atoms with Crippen molar-refractivity contribution in [2.24, 2.45) is 10.8 Å². The van der Waals surface area contributed by atoms with Crippen LogP contribution < -0.4 is 4.74 Å². The maximum absolute atomic E-state index is 14.2. The SMILES string of the molecule is COC(=O)C12CC(OC)C3(Cl)C(C)(C=C4C5=CC(O)C6OC6(CC=C(C)C)C5OOC43C13OC(=O)c1c(O)cc(C)cc1O3)C2. The third kappa shape index (κ3) is 3.02. The highest BCUT2D eigenvalue weighted by Gasteiger charge is 2.96. The van der Waals surface area contributed by atoms with E-state index in [0.717, 1.165) is 5.57 Å². The number of esters is 2. The minimum absolute atomic E-state index is 0.00913. The molecule has 1 aromatic carbocycles. The van der Waals surface area contributed by atoms with Crippen LogP contribution in [0.3, 0.4) is 0 Å². The van der Waals surface area contributed by atoms with Crippen LogP contribution in [0.5, 0.6) is 11.5 Å². The zero-order valence-corrected chi connectivity index (χ0v) is 26.5. The second kappa shape index (κ2) is 8.70. The van der Waals surface area contributed by atoms with Gasteiger partial charge < -0.3 is 33.9 Å². The highest BCUT2D eigenvalue weighted by molar-refractivity contribution is 6.28. The van der Waals surface area contributed by atoms with E-state index in [1.807, 2.05) is 32.9 Å². The Morgan fingerprint density at radius 1 is 1.22 bits per heavy atom. The van der Waals surface area contributed by atoms with Gasteiger partial charge in [0.25, 0.3) is 0 Å². The molecular formula is C33H35ClO11. The molecule has 11 nitrogen and oxygen atoms in total. The second-order valence-electron chi connectivity index (χ2n) is 14.0. The lowest BCUT2D eigenvalue weighted by atomic mass is 9.42. The zero-order chi connectivity index (χ0) is 32.1. The zero-order valence-electron chi connectivity index (χ0n) is 25.8. The van der Waals surface area contributed by atoms with Crippen LogP contribution >= 0.6 is 11.6 Å². The molecule has 10 atom stereocenters. The molecule has 5 aliphatic carbocycles. The van der Waals surface area contributed by atoms with Crippen LogP contribution in [-0.2, 0) is 33.5 Å². The average Bonchev–Trinajstić information content (AvgIpc) is 3.69. The predicted octanol–water partition coefficient (Wildman–Crippen LogP) is 3.72. The Hall–Kier alpha value is -2.93. The standard InChI is InChI=1S/C33H35ClO11/c1-15(2)7-8-30-24-17(11-20(36)25(30)42-30)18-12-28(4)14-29(27(38)40-6)13-22(39-5)31(28,34)32(18,45-44-24)33(29)41-21-10-16(3)9-19(35)23(21)26(37)43-33/h7,9-12,20,22,24-25,35-36H,8,13-14H2,1-6H3. The van der Waals surface area contributed by atoms with Crippen LogP contribution in [0.25, 0.3) is 0 Å². The Morgan fingerprint density at radius 2 is 1.98 bits per heavy atom. The molecule has 0 amide bonds. The molecule has 1 aromatic rings. The van der Waals surface area contributed by atoms with Gasteiger partial charge in [0.05, 0.1) is 13.2 Å². The van der Waals surface area contributed by atoms with E-state index in [2.05, 4.69) is 0 Å². The van der Waals surface area contributed by atoms with Gasteiger partial charge in [0.15, 0.2) is 5.41 Å². The lowest BCUT2D eigenvalue weighted by Crippen LogP contribution is -2.90. The fourth-order valence-corrected chi connectivity index (χ4v) is 10.0. The Balaban J connectivity index is 1.41. The minimum atomic E-state index is -2.29. The number of aromatic hydroxyl groups is 1. The highest BCUT2D eigenvalue weighted by Crippen LogP contribution is 2.81. The van der Waals surface area contributed by atoms with Gasteiger partial charge in [-0.1, -0.05) is 24.6 Å². The molecule has 2 saturated heterocycles. The van der Waals surface area contributed by atoms with Crippen molar-refractivity contribution in [2.45, 2.75) is 93.2 Å². The highest BCUT2D eigenvalue weighted by atomic mass is 35.5. The molecule has 5 fully saturated rings. The fraction of sp³-hybridized carbons (Fsp3) is 0.576. The summed E-state index contributed by atoms with van der Waals surface area (Å²) in [5.74, 6) is -4.29. The van der Waals surface area contributed by atoms with Gasteiger partial charge in [0.2, 0.25) is 5.60 Å². The van der Waals surface area contributed by atoms with Gasteiger partial charge >= 0.3 is 17.7 Å². The Morgan fingerprint density at radius 3 is 2.67 bits per heavy atom. The quantitative estimate of drug-likeness (QED) is 0.163. The van der Waals surface area contributed by atoms with Crippen LogP contribution in [0.2, 0.25) is 0 Å². The van der Waals surface area contributed by atoms with E-state index in [-0.39, 0.29) is 29.9 Å². The lowest BCUT2D eigenvalue weighted by Gasteiger charge is -2.71. The van der Waals surface area contributed by atoms with E-state index in [0.29, 0.717) is 23.1 Å². The summed E-state index contributed by atoms with van der Waals surface area (Å²) in [4.78, 5) is 39.6. The molecule has 0 radical (unpaired) electrons. The molecule has 8 aliphatic rings. The van der Waals surface area contributed by atoms with Crippen molar-refractivity contribution in [3.05, 3.63) is 58.2 Å². The number of epoxide rings is 1. The summed E-state index contributed by atoms with van der Waals surface area (Å²) in [6, 6.07) is 3.00. The Kier molecular flexibility index (Phi) is 5.70. The number of fused-ring (bicyclic) bond motifs is 6. The average molecular weight is 643 g/mol. The molecule has 4 bridgehead atoms. The summed E-state index contributed by atoms with van der Waals surface area (Å²) >= 11 is 7.87. The number of phenols is 1. The summed E-state index contributed by atoms with van der Waals surface area (Å²) in [7, 11) is 2.74.